The summed E-state index contributed by atoms with van der Waals surface area (Å²) in [5.74, 6) is -4.44. The van der Waals surface area contributed by atoms with Gasteiger partial charge in [0.15, 0.2) is 11.6 Å². The maximum Gasteiger partial charge on any atom is 0.338 e. The molecule has 1 amide bonds. The van der Waals surface area contributed by atoms with Crippen LogP contribution in [-0.2, 0) is 4.79 Å². The Bertz CT molecular complexity index is 519. The van der Waals surface area contributed by atoms with Crippen molar-refractivity contribution in [2.45, 2.75) is 26.3 Å². The highest BCUT2D eigenvalue weighted by molar-refractivity contribution is 5.88. The average molecular weight is 286 g/mol. The molecule has 0 unspecified atom stereocenters. The van der Waals surface area contributed by atoms with E-state index in [1.807, 2.05) is 13.8 Å². The van der Waals surface area contributed by atoms with Crippen LogP contribution < -0.4 is 10.6 Å². The van der Waals surface area contributed by atoms with Gasteiger partial charge in [0.25, 0.3) is 0 Å². The Kier molecular flexibility index (Phi) is 5.42. The van der Waals surface area contributed by atoms with Gasteiger partial charge in [0.2, 0.25) is 5.91 Å². The monoisotopic (exact) mass is 286 g/mol. The molecule has 0 aromatic heterocycles. The molecule has 1 rings (SSSR count). The molecule has 0 aliphatic rings. The van der Waals surface area contributed by atoms with E-state index in [0.29, 0.717) is 0 Å². The van der Waals surface area contributed by atoms with Crippen LogP contribution in [0.4, 0.5) is 14.5 Å². The Morgan fingerprint density at radius 2 is 1.90 bits per heavy atom. The zero-order chi connectivity index (χ0) is 15.3. The van der Waals surface area contributed by atoms with Gasteiger partial charge < -0.3 is 15.7 Å². The summed E-state index contributed by atoms with van der Waals surface area (Å²) >= 11 is 0. The lowest BCUT2D eigenvalue weighted by molar-refractivity contribution is -0.121. The van der Waals surface area contributed by atoms with Gasteiger partial charge >= 0.3 is 5.97 Å². The van der Waals surface area contributed by atoms with Crippen molar-refractivity contribution in [3.8, 4) is 0 Å². The number of anilines is 1. The first-order valence-electron chi connectivity index (χ1n) is 6.07. The van der Waals surface area contributed by atoms with Crippen LogP contribution in [0.2, 0.25) is 0 Å². The number of halogens is 2. The van der Waals surface area contributed by atoms with E-state index in [9.17, 15) is 18.4 Å². The van der Waals surface area contributed by atoms with Crippen LogP contribution in [0, 0.1) is 11.6 Å². The molecule has 0 atom stereocenters. The van der Waals surface area contributed by atoms with E-state index in [2.05, 4.69) is 10.6 Å². The van der Waals surface area contributed by atoms with E-state index in [1.165, 1.54) is 0 Å². The number of rotatable bonds is 6. The summed E-state index contributed by atoms with van der Waals surface area (Å²) in [5, 5.41) is 13.8. The third-order valence-electron chi connectivity index (χ3n) is 2.43. The van der Waals surface area contributed by atoms with Crippen molar-refractivity contribution in [3.63, 3.8) is 0 Å². The fourth-order valence-electron chi connectivity index (χ4n) is 1.56. The molecule has 110 valence electrons. The summed E-state index contributed by atoms with van der Waals surface area (Å²) in [5.41, 5.74) is -0.907. The summed E-state index contributed by atoms with van der Waals surface area (Å²) in [7, 11) is 0. The number of amides is 1. The zero-order valence-electron chi connectivity index (χ0n) is 11.2. The topological polar surface area (TPSA) is 78.4 Å². The quantitative estimate of drug-likeness (QED) is 0.747. The summed E-state index contributed by atoms with van der Waals surface area (Å²) in [6.45, 7) is 3.73. The van der Waals surface area contributed by atoms with E-state index < -0.39 is 23.2 Å². The Labute approximate surface area is 115 Å². The number of nitrogens with one attached hydrogen (secondary N) is 2. The van der Waals surface area contributed by atoms with E-state index in [1.54, 1.807) is 0 Å². The van der Waals surface area contributed by atoms with Gasteiger partial charge in [0, 0.05) is 19.0 Å². The molecule has 3 N–H and O–H groups in total. The number of aromatic carboxylic acids is 1. The number of carbonyl (C=O) groups is 2. The van der Waals surface area contributed by atoms with Gasteiger partial charge in [-0.05, 0) is 26.0 Å². The molecule has 0 fully saturated rings. The summed E-state index contributed by atoms with van der Waals surface area (Å²) in [6.07, 6.45) is 0.0971. The second-order valence-corrected chi connectivity index (χ2v) is 4.49. The number of benzene rings is 1. The maximum absolute atomic E-state index is 13.6. The number of carbonyl (C=O) groups excluding carboxylic acids is 1. The van der Waals surface area contributed by atoms with Crippen LogP contribution in [0.5, 0.6) is 0 Å². The third kappa shape index (κ3) is 4.18. The number of carboxylic acid groups (broad SMARTS) is 1. The van der Waals surface area contributed by atoms with Crippen LogP contribution in [-0.4, -0.2) is 29.6 Å². The molecule has 0 spiro atoms. The Morgan fingerprint density at radius 1 is 1.25 bits per heavy atom. The standard InChI is InChI=1S/C13H16F2N2O3/c1-7(2)17-10(18)5-6-16-9-4-3-8(13(19)20)11(14)12(9)15/h3-4,7,16H,5-6H2,1-2H3,(H,17,18)(H,19,20). The van der Waals surface area contributed by atoms with E-state index in [4.69, 9.17) is 5.11 Å². The predicted molar refractivity (Wildman–Crippen MR) is 69.7 cm³/mol. The number of hydrogen-bond acceptors (Lipinski definition) is 3. The molecule has 0 saturated carbocycles. The molecule has 0 aliphatic heterocycles. The molecular weight excluding hydrogens is 270 g/mol. The van der Waals surface area contributed by atoms with Crippen LogP contribution in [0.1, 0.15) is 30.6 Å². The van der Waals surface area contributed by atoms with Gasteiger partial charge in [-0.1, -0.05) is 0 Å². The molecule has 20 heavy (non-hydrogen) atoms. The highest BCUT2D eigenvalue weighted by Crippen LogP contribution is 2.20. The first kappa shape index (κ1) is 15.9. The van der Waals surface area contributed by atoms with Crippen LogP contribution in [0.15, 0.2) is 12.1 Å². The van der Waals surface area contributed by atoms with Crippen molar-refractivity contribution >= 4 is 17.6 Å². The minimum Gasteiger partial charge on any atom is -0.478 e. The largest absolute Gasteiger partial charge is 0.478 e. The van der Waals surface area contributed by atoms with Gasteiger partial charge in [-0.25, -0.2) is 13.6 Å². The third-order valence-corrected chi connectivity index (χ3v) is 2.43. The van der Waals surface area contributed by atoms with Gasteiger partial charge in [-0.15, -0.1) is 0 Å². The molecule has 0 radical (unpaired) electrons. The van der Waals surface area contributed by atoms with Gasteiger partial charge in [-0.2, -0.15) is 0 Å². The summed E-state index contributed by atoms with van der Waals surface area (Å²) in [6, 6.07) is 2.10. The lowest BCUT2D eigenvalue weighted by atomic mass is 10.2. The van der Waals surface area contributed by atoms with Crippen LogP contribution in [0.3, 0.4) is 0 Å². The molecule has 0 heterocycles. The van der Waals surface area contributed by atoms with Crippen LogP contribution >= 0.6 is 0 Å². The zero-order valence-corrected chi connectivity index (χ0v) is 11.2. The minimum atomic E-state index is -1.54. The van der Waals surface area contributed by atoms with E-state index >= 15 is 0 Å². The Morgan fingerprint density at radius 3 is 2.45 bits per heavy atom. The lowest BCUT2D eigenvalue weighted by Gasteiger charge is -2.11. The van der Waals surface area contributed by atoms with E-state index in [0.717, 1.165) is 12.1 Å². The van der Waals surface area contributed by atoms with Gasteiger partial charge in [-0.3, -0.25) is 4.79 Å². The molecule has 1 aromatic carbocycles. The second kappa shape index (κ2) is 6.83. The highest BCUT2D eigenvalue weighted by Gasteiger charge is 2.17. The molecule has 0 aliphatic carbocycles. The molecule has 5 nitrogen and oxygen atoms in total. The SMILES string of the molecule is CC(C)NC(=O)CCNc1ccc(C(=O)O)c(F)c1F. The van der Waals surface area contributed by atoms with E-state index in [-0.39, 0.29) is 30.6 Å². The summed E-state index contributed by atoms with van der Waals surface area (Å²) in [4.78, 5) is 22.0. The molecule has 0 saturated heterocycles. The van der Waals surface area contributed by atoms with Crippen molar-refractivity contribution in [2.24, 2.45) is 0 Å². The van der Waals surface area contributed by atoms with Crippen molar-refractivity contribution in [3.05, 3.63) is 29.3 Å². The fourth-order valence-corrected chi connectivity index (χ4v) is 1.56. The first-order valence-corrected chi connectivity index (χ1v) is 6.07. The van der Waals surface area contributed by atoms with Crippen molar-refractivity contribution in [1.29, 1.82) is 0 Å². The predicted octanol–water partition coefficient (Wildman–Crippen LogP) is 1.99. The Balaban J connectivity index is 2.64. The minimum absolute atomic E-state index is 0.00605. The first-order chi connectivity index (χ1) is 9.32. The highest BCUT2D eigenvalue weighted by atomic mass is 19.2. The van der Waals surface area contributed by atoms with Crippen LogP contribution in [0.25, 0.3) is 0 Å². The summed E-state index contributed by atoms with van der Waals surface area (Å²) < 4.78 is 27.0. The molecule has 0 bridgehead atoms. The van der Waals surface area contributed by atoms with Gasteiger partial charge in [0.1, 0.15) is 0 Å². The average Bonchev–Trinajstić information content (AvgIpc) is 2.33. The van der Waals surface area contributed by atoms with Crippen molar-refractivity contribution < 1.29 is 23.5 Å². The van der Waals surface area contributed by atoms with Gasteiger partial charge in [0.05, 0.1) is 11.3 Å². The van der Waals surface area contributed by atoms with Crippen molar-refractivity contribution in [2.75, 3.05) is 11.9 Å². The maximum atomic E-state index is 13.6. The lowest BCUT2D eigenvalue weighted by Crippen LogP contribution is -2.31. The second-order valence-electron chi connectivity index (χ2n) is 4.49. The Hall–Kier alpha value is -2.18. The number of hydrogen-bond donors (Lipinski definition) is 3. The smallest absolute Gasteiger partial charge is 0.338 e. The number of carboxylic acids is 1. The molecule has 7 heteroatoms. The fraction of sp³-hybridized carbons (Fsp3) is 0.385. The molecular formula is C13H16F2N2O3. The molecule has 1 aromatic rings. The normalized spacial score (nSPS) is 10.4. The van der Waals surface area contributed by atoms with Crippen molar-refractivity contribution in [1.82, 2.24) is 5.32 Å².